The lowest BCUT2D eigenvalue weighted by atomic mass is 10.1. The van der Waals surface area contributed by atoms with Gasteiger partial charge in [-0.25, -0.2) is 0 Å². The summed E-state index contributed by atoms with van der Waals surface area (Å²) in [6.45, 7) is 0. The van der Waals surface area contributed by atoms with Gasteiger partial charge >= 0.3 is 0 Å². The summed E-state index contributed by atoms with van der Waals surface area (Å²) in [5.41, 5.74) is 1.20. The number of anilines is 1. The number of rotatable bonds is 3. The molecule has 22 heavy (non-hydrogen) atoms. The van der Waals surface area contributed by atoms with Crippen molar-refractivity contribution < 1.29 is 14.6 Å². The van der Waals surface area contributed by atoms with Gasteiger partial charge in [-0.15, -0.1) is 0 Å². The van der Waals surface area contributed by atoms with Gasteiger partial charge in [0.15, 0.2) is 0 Å². The average molecular weight is 293 g/mol. The number of nitrogens with one attached hydrogen (secondary N) is 1. The van der Waals surface area contributed by atoms with Crippen LogP contribution in [-0.4, -0.2) is 18.1 Å². The van der Waals surface area contributed by atoms with Crippen molar-refractivity contribution >= 4 is 22.4 Å². The molecule has 4 heteroatoms. The monoisotopic (exact) mass is 293 g/mol. The number of carbonyl (C=O) groups is 1. The molecule has 0 saturated heterocycles. The summed E-state index contributed by atoms with van der Waals surface area (Å²) < 4.78 is 5.08. The van der Waals surface area contributed by atoms with Crippen LogP contribution in [0.4, 0.5) is 5.69 Å². The Labute approximate surface area is 128 Å². The second-order valence-electron chi connectivity index (χ2n) is 4.86. The minimum Gasteiger partial charge on any atom is -0.507 e. The van der Waals surface area contributed by atoms with Crippen molar-refractivity contribution in [3.05, 3.63) is 66.2 Å². The third kappa shape index (κ3) is 2.59. The fourth-order valence-electron chi connectivity index (χ4n) is 2.34. The van der Waals surface area contributed by atoms with Crippen LogP contribution in [-0.2, 0) is 0 Å². The lowest BCUT2D eigenvalue weighted by Crippen LogP contribution is -2.12. The highest BCUT2D eigenvalue weighted by Crippen LogP contribution is 2.30. The summed E-state index contributed by atoms with van der Waals surface area (Å²) >= 11 is 0. The summed E-state index contributed by atoms with van der Waals surface area (Å²) in [5.74, 6) is 0.683. The number of hydrogen-bond donors (Lipinski definition) is 2. The molecule has 110 valence electrons. The Balaban J connectivity index is 1.92. The highest BCUT2D eigenvalue weighted by molar-refractivity contribution is 6.09. The van der Waals surface area contributed by atoms with Gasteiger partial charge in [-0.3, -0.25) is 4.79 Å². The third-order valence-corrected chi connectivity index (χ3v) is 3.50. The second-order valence-corrected chi connectivity index (χ2v) is 4.86. The number of ether oxygens (including phenoxy) is 1. The minimum atomic E-state index is -0.210. The van der Waals surface area contributed by atoms with E-state index in [0.717, 1.165) is 5.39 Å². The SMILES string of the molecule is COc1ccc(C(=O)Nc2cccc3c(O)cccc23)cc1. The number of hydrogen-bond acceptors (Lipinski definition) is 3. The molecule has 3 aromatic rings. The van der Waals surface area contributed by atoms with E-state index in [1.165, 1.54) is 0 Å². The largest absolute Gasteiger partial charge is 0.507 e. The molecule has 0 aromatic heterocycles. The smallest absolute Gasteiger partial charge is 0.255 e. The molecule has 0 saturated carbocycles. The normalized spacial score (nSPS) is 10.4. The molecule has 0 aliphatic heterocycles. The zero-order valence-electron chi connectivity index (χ0n) is 12.0. The van der Waals surface area contributed by atoms with E-state index < -0.39 is 0 Å². The van der Waals surface area contributed by atoms with Crippen molar-refractivity contribution in [3.63, 3.8) is 0 Å². The van der Waals surface area contributed by atoms with Crippen LogP contribution >= 0.6 is 0 Å². The van der Waals surface area contributed by atoms with Crippen LogP contribution in [0, 0.1) is 0 Å². The number of phenols is 1. The number of phenolic OH excluding ortho intramolecular Hbond substituents is 1. The van der Waals surface area contributed by atoms with Crippen LogP contribution in [0.15, 0.2) is 60.7 Å². The first-order chi connectivity index (χ1) is 10.7. The van der Waals surface area contributed by atoms with Gasteiger partial charge in [-0.2, -0.15) is 0 Å². The minimum absolute atomic E-state index is 0.193. The van der Waals surface area contributed by atoms with Gasteiger partial charge in [-0.05, 0) is 36.4 Å². The molecular formula is C18H15NO3. The first-order valence-corrected chi connectivity index (χ1v) is 6.85. The van der Waals surface area contributed by atoms with Gasteiger partial charge in [-0.1, -0.05) is 24.3 Å². The van der Waals surface area contributed by atoms with Crippen LogP contribution in [0.5, 0.6) is 11.5 Å². The lowest BCUT2D eigenvalue weighted by Gasteiger charge is -2.10. The van der Waals surface area contributed by atoms with E-state index in [-0.39, 0.29) is 11.7 Å². The van der Waals surface area contributed by atoms with Crippen LogP contribution in [0.2, 0.25) is 0 Å². The van der Waals surface area contributed by atoms with E-state index in [9.17, 15) is 9.90 Å². The number of carbonyl (C=O) groups excluding carboxylic acids is 1. The summed E-state index contributed by atoms with van der Waals surface area (Å²) in [4.78, 5) is 12.3. The molecular weight excluding hydrogens is 278 g/mol. The Kier molecular flexibility index (Phi) is 3.66. The van der Waals surface area contributed by atoms with Crippen LogP contribution in [0.25, 0.3) is 10.8 Å². The topological polar surface area (TPSA) is 58.6 Å². The molecule has 0 atom stereocenters. The van der Waals surface area contributed by atoms with Gasteiger partial charge in [0, 0.05) is 22.0 Å². The molecule has 0 aliphatic carbocycles. The predicted octanol–water partition coefficient (Wildman–Crippen LogP) is 3.81. The van der Waals surface area contributed by atoms with Gasteiger partial charge in [0.05, 0.1) is 7.11 Å². The first kappa shape index (κ1) is 13.9. The number of benzene rings is 3. The molecule has 0 aliphatic rings. The maximum absolute atomic E-state index is 12.3. The van der Waals surface area contributed by atoms with Gasteiger partial charge in [0.1, 0.15) is 11.5 Å². The second kappa shape index (κ2) is 5.77. The van der Waals surface area contributed by atoms with E-state index in [0.29, 0.717) is 22.4 Å². The van der Waals surface area contributed by atoms with Gasteiger partial charge in [0.25, 0.3) is 5.91 Å². The third-order valence-electron chi connectivity index (χ3n) is 3.50. The zero-order valence-corrected chi connectivity index (χ0v) is 12.0. The summed E-state index contributed by atoms with van der Waals surface area (Å²) in [6, 6.07) is 17.5. The summed E-state index contributed by atoms with van der Waals surface area (Å²) in [5, 5.41) is 14.3. The fourth-order valence-corrected chi connectivity index (χ4v) is 2.34. The lowest BCUT2D eigenvalue weighted by molar-refractivity contribution is 0.102. The Morgan fingerprint density at radius 3 is 2.36 bits per heavy atom. The molecule has 0 heterocycles. The Morgan fingerprint density at radius 1 is 0.955 bits per heavy atom. The number of fused-ring (bicyclic) bond motifs is 1. The van der Waals surface area contributed by atoms with Crippen LogP contribution < -0.4 is 10.1 Å². The molecule has 0 bridgehead atoms. The molecule has 3 rings (SSSR count). The first-order valence-electron chi connectivity index (χ1n) is 6.85. The number of aromatic hydroxyl groups is 1. The van der Waals surface area contributed by atoms with Crippen LogP contribution in [0.1, 0.15) is 10.4 Å². The Morgan fingerprint density at radius 2 is 1.64 bits per heavy atom. The van der Waals surface area contributed by atoms with Crippen molar-refractivity contribution in [1.29, 1.82) is 0 Å². The molecule has 0 radical (unpaired) electrons. The Bertz CT molecular complexity index is 825. The number of methoxy groups -OCH3 is 1. The predicted molar refractivity (Wildman–Crippen MR) is 86.6 cm³/mol. The van der Waals surface area contributed by atoms with E-state index >= 15 is 0 Å². The average Bonchev–Trinajstić information content (AvgIpc) is 2.56. The summed E-state index contributed by atoms with van der Waals surface area (Å²) in [6.07, 6.45) is 0. The van der Waals surface area contributed by atoms with Crippen molar-refractivity contribution in [2.24, 2.45) is 0 Å². The molecule has 0 fully saturated rings. The van der Waals surface area contributed by atoms with Crippen molar-refractivity contribution in [2.45, 2.75) is 0 Å². The molecule has 4 nitrogen and oxygen atoms in total. The molecule has 0 unspecified atom stereocenters. The highest BCUT2D eigenvalue weighted by Gasteiger charge is 2.09. The maximum atomic E-state index is 12.3. The zero-order chi connectivity index (χ0) is 15.5. The standard InChI is InChI=1S/C18H15NO3/c1-22-13-10-8-12(9-11-13)18(21)19-16-6-2-5-15-14(16)4-3-7-17(15)20/h2-11,20H,1H3,(H,19,21). The van der Waals surface area contributed by atoms with E-state index in [2.05, 4.69) is 5.32 Å². The van der Waals surface area contributed by atoms with Gasteiger partial charge in [0.2, 0.25) is 0 Å². The van der Waals surface area contributed by atoms with Crippen LogP contribution in [0.3, 0.4) is 0 Å². The van der Waals surface area contributed by atoms with E-state index in [1.807, 2.05) is 18.2 Å². The fraction of sp³-hybridized carbons (Fsp3) is 0.0556. The van der Waals surface area contributed by atoms with Crippen molar-refractivity contribution in [1.82, 2.24) is 0 Å². The quantitative estimate of drug-likeness (QED) is 0.772. The molecule has 2 N–H and O–H groups in total. The molecule has 3 aromatic carbocycles. The maximum Gasteiger partial charge on any atom is 0.255 e. The Hall–Kier alpha value is -3.01. The van der Waals surface area contributed by atoms with E-state index in [1.54, 1.807) is 49.6 Å². The van der Waals surface area contributed by atoms with Crippen molar-refractivity contribution in [2.75, 3.05) is 12.4 Å². The van der Waals surface area contributed by atoms with Gasteiger partial charge < -0.3 is 15.2 Å². The van der Waals surface area contributed by atoms with Crippen molar-refractivity contribution in [3.8, 4) is 11.5 Å². The van der Waals surface area contributed by atoms with E-state index in [4.69, 9.17) is 4.74 Å². The number of amides is 1. The molecule has 1 amide bonds. The highest BCUT2D eigenvalue weighted by atomic mass is 16.5. The molecule has 0 spiro atoms. The summed E-state index contributed by atoms with van der Waals surface area (Å²) in [7, 11) is 1.58.